The molecule has 0 radical (unpaired) electrons. The fourth-order valence-electron chi connectivity index (χ4n) is 2.96. The van der Waals surface area contributed by atoms with Crippen LogP contribution < -0.4 is 5.32 Å². The second-order valence-corrected chi connectivity index (χ2v) is 8.06. The van der Waals surface area contributed by atoms with Gasteiger partial charge in [-0.1, -0.05) is 84.6 Å². The van der Waals surface area contributed by atoms with Gasteiger partial charge in [0, 0.05) is 11.1 Å². The third-order valence-corrected chi connectivity index (χ3v) is 5.50. The number of nitrogens with one attached hydrogen (secondary N) is 1. The predicted molar refractivity (Wildman–Crippen MR) is 121 cm³/mol. The molecule has 0 spiro atoms. The lowest BCUT2D eigenvalue weighted by Crippen LogP contribution is -2.23. The molecular formula is C24H19FN4OS. The second-order valence-electron chi connectivity index (χ2n) is 6.75. The molecule has 154 valence electrons. The van der Waals surface area contributed by atoms with Gasteiger partial charge in [-0.15, -0.1) is 10.2 Å². The lowest BCUT2D eigenvalue weighted by Gasteiger charge is -2.13. The molecule has 4 rings (SSSR count). The van der Waals surface area contributed by atoms with Gasteiger partial charge in [-0.25, -0.2) is 9.37 Å². The highest BCUT2D eigenvalue weighted by atomic mass is 32.2. The predicted octanol–water partition coefficient (Wildman–Crippen LogP) is 5.46. The molecule has 0 fully saturated rings. The van der Waals surface area contributed by atoms with Crippen molar-refractivity contribution in [2.24, 2.45) is 0 Å². The molecule has 7 heteroatoms. The Morgan fingerprint density at radius 1 is 0.839 bits per heavy atom. The number of aromatic nitrogens is 3. The van der Waals surface area contributed by atoms with E-state index in [1.165, 1.54) is 23.9 Å². The molecule has 5 nitrogen and oxygen atoms in total. The summed E-state index contributed by atoms with van der Waals surface area (Å²) in [5.41, 5.74) is 3.30. The van der Waals surface area contributed by atoms with Crippen molar-refractivity contribution in [1.82, 2.24) is 15.2 Å². The van der Waals surface area contributed by atoms with E-state index >= 15 is 0 Å². The lowest BCUT2D eigenvalue weighted by atomic mass is 10.0. The number of hydrogen-bond donors (Lipinski definition) is 1. The number of halogens is 1. The van der Waals surface area contributed by atoms with Gasteiger partial charge >= 0.3 is 0 Å². The van der Waals surface area contributed by atoms with Gasteiger partial charge in [-0.05, 0) is 19.1 Å². The highest BCUT2D eigenvalue weighted by Gasteiger charge is 2.20. The van der Waals surface area contributed by atoms with Gasteiger partial charge in [0.25, 0.3) is 0 Å². The number of para-hydroxylation sites is 1. The Morgan fingerprint density at radius 3 is 2.06 bits per heavy atom. The van der Waals surface area contributed by atoms with Crippen LogP contribution in [-0.2, 0) is 4.79 Å². The molecule has 1 N–H and O–H groups in total. The largest absolute Gasteiger partial charge is 0.323 e. The minimum Gasteiger partial charge on any atom is -0.323 e. The van der Waals surface area contributed by atoms with Crippen molar-refractivity contribution in [2.75, 3.05) is 5.32 Å². The minimum absolute atomic E-state index is 0.142. The molecule has 1 unspecified atom stereocenters. The number of benzene rings is 3. The van der Waals surface area contributed by atoms with Crippen LogP contribution in [0.4, 0.5) is 10.1 Å². The van der Waals surface area contributed by atoms with Crippen LogP contribution in [0.2, 0.25) is 0 Å². The van der Waals surface area contributed by atoms with Gasteiger partial charge in [0.05, 0.1) is 10.9 Å². The van der Waals surface area contributed by atoms with Gasteiger partial charge in [-0.2, -0.15) is 0 Å². The summed E-state index contributed by atoms with van der Waals surface area (Å²) in [7, 11) is 0. The smallest absolute Gasteiger partial charge is 0.237 e. The number of rotatable bonds is 6. The van der Waals surface area contributed by atoms with E-state index in [0.29, 0.717) is 16.5 Å². The molecular weight excluding hydrogens is 411 g/mol. The zero-order chi connectivity index (χ0) is 21.6. The first-order chi connectivity index (χ1) is 15.1. The Hall–Kier alpha value is -3.58. The van der Waals surface area contributed by atoms with Crippen LogP contribution >= 0.6 is 11.8 Å². The van der Waals surface area contributed by atoms with Crippen molar-refractivity contribution in [1.29, 1.82) is 0 Å². The number of carbonyl (C=O) groups is 1. The third-order valence-electron chi connectivity index (χ3n) is 4.54. The van der Waals surface area contributed by atoms with Gasteiger partial charge in [0.1, 0.15) is 17.2 Å². The fraction of sp³-hybridized carbons (Fsp3) is 0.0833. The quantitative estimate of drug-likeness (QED) is 0.411. The zero-order valence-corrected chi connectivity index (χ0v) is 17.5. The molecule has 31 heavy (non-hydrogen) atoms. The van der Waals surface area contributed by atoms with Crippen molar-refractivity contribution in [3.8, 4) is 22.5 Å². The Kier molecular flexibility index (Phi) is 6.33. The number of hydrogen-bond acceptors (Lipinski definition) is 5. The van der Waals surface area contributed by atoms with E-state index in [4.69, 9.17) is 4.98 Å². The first-order valence-corrected chi connectivity index (χ1v) is 10.6. The van der Waals surface area contributed by atoms with Crippen LogP contribution in [0.3, 0.4) is 0 Å². The monoisotopic (exact) mass is 430 g/mol. The Balaban J connectivity index is 1.60. The average molecular weight is 431 g/mol. The summed E-state index contributed by atoms with van der Waals surface area (Å²) in [6.45, 7) is 1.72. The Morgan fingerprint density at radius 2 is 1.42 bits per heavy atom. The van der Waals surface area contributed by atoms with Crippen molar-refractivity contribution in [3.63, 3.8) is 0 Å². The lowest BCUT2D eigenvalue weighted by molar-refractivity contribution is -0.115. The highest BCUT2D eigenvalue weighted by Crippen LogP contribution is 2.30. The summed E-state index contributed by atoms with van der Waals surface area (Å²) >= 11 is 1.17. The van der Waals surface area contributed by atoms with Gasteiger partial charge < -0.3 is 5.32 Å². The van der Waals surface area contributed by atoms with Crippen LogP contribution in [0.15, 0.2) is 90.1 Å². The van der Waals surface area contributed by atoms with Crippen LogP contribution in [0.25, 0.3) is 22.5 Å². The fourth-order valence-corrected chi connectivity index (χ4v) is 3.67. The molecule has 4 aromatic rings. The molecule has 0 saturated carbocycles. The number of nitrogens with zero attached hydrogens (tertiary/aromatic N) is 3. The number of amides is 1. The number of anilines is 1. The molecule has 0 aliphatic heterocycles. The SMILES string of the molecule is CC(Sc1nnc(-c2ccccc2)c(-c2ccccc2)n1)C(=O)Nc1ccccc1F. The average Bonchev–Trinajstić information content (AvgIpc) is 2.81. The number of thioether (sulfide) groups is 1. The highest BCUT2D eigenvalue weighted by molar-refractivity contribution is 8.00. The molecule has 1 heterocycles. The summed E-state index contributed by atoms with van der Waals surface area (Å²) in [6.07, 6.45) is 0. The van der Waals surface area contributed by atoms with Crippen LogP contribution in [0.5, 0.6) is 0 Å². The Bertz CT molecular complexity index is 1190. The topological polar surface area (TPSA) is 67.8 Å². The zero-order valence-electron chi connectivity index (χ0n) is 16.7. The second kappa shape index (κ2) is 9.49. The van der Waals surface area contributed by atoms with E-state index in [9.17, 15) is 9.18 Å². The Labute approximate surface area is 183 Å². The minimum atomic E-state index is -0.549. The number of carbonyl (C=O) groups excluding carboxylic acids is 1. The summed E-state index contributed by atoms with van der Waals surface area (Å²) in [5.74, 6) is -0.823. The first-order valence-electron chi connectivity index (χ1n) is 9.69. The molecule has 3 aromatic carbocycles. The van der Waals surface area contributed by atoms with Crippen molar-refractivity contribution in [3.05, 3.63) is 90.7 Å². The maximum absolute atomic E-state index is 13.8. The molecule has 0 aliphatic rings. The summed E-state index contributed by atoms with van der Waals surface area (Å²) in [6, 6.07) is 25.5. The molecule has 0 bridgehead atoms. The molecule has 0 aliphatic carbocycles. The maximum Gasteiger partial charge on any atom is 0.237 e. The summed E-state index contributed by atoms with van der Waals surface area (Å²) in [5, 5.41) is 11.1. The van der Waals surface area contributed by atoms with Gasteiger partial charge in [0.2, 0.25) is 11.1 Å². The molecule has 0 saturated heterocycles. The van der Waals surface area contributed by atoms with Crippen LogP contribution in [0, 0.1) is 5.82 Å². The van der Waals surface area contributed by atoms with Gasteiger partial charge in [0.15, 0.2) is 0 Å². The van der Waals surface area contributed by atoms with E-state index in [2.05, 4.69) is 15.5 Å². The van der Waals surface area contributed by atoms with E-state index in [0.717, 1.165) is 11.1 Å². The van der Waals surface area contributed by atoms with Crippen LogP contribution in [-0.4, -0.2) is 26.3 Å². The summed E-state index contributed by atoms with van der Waals surface area (Å²) < 4.78 is 13.8. The standard InChI is InChI=1S/C24H19FN4OS/c1-16(23(30)26-20-15-9-8-14-19(20)25)31-24-27-21(17-10-4-2-5-11-17)22(28-29-24)18-12-6-3-7-13-18/h2-16H,1H3,(H,26,30). The van der Waals surface area contributed by atoms with E-state index in [1.807, 2.05) is 60.7 Å². The molecule has 1 aromatic heterocycles. The van der Waals surface area contributed by atoms with Crippen molar-refractivity contribution >= 4 is 23.4 Å². The van der Waals surface area contributed by atoms with Crippen LogP contribution in [0.1, 0.15) is 6.92 Å². The molecule has 1 amide bonds. The summed E-state index contributed by atoms with van der Waals surface area (Å²) in [4.78, 5) is 17.2. The van der Waals surface area contributed by atoms with E-state index in [-0.39, 0.29) is 11.6 Å². The van der Waals surface area contributed by atoms with Gasteiger partial charge in [-0.3, -0.25) is 4.79 Å². The maximum atomic E-state index is 13.8. The van der Waals surface area contributed by atoms with Crippen molar-refractivity contribution < 1.29 is 9.18 Å². The third kappa shape index (κ3) is 4.95. The van der Waals surface area contributed by atoms with E-state index < -0.39 is 11.1 Å². The molecule has 1 atom stereocenters. The van der Waals surface area contributed by atoms with Crippen molar-refractivity contribution in [2.45, 2.75) is 17.3 Å². The first kappa shape index (κ1) is 20.7. The van der Waals surface area contributed by atoms with E-state index in [1.54, 1.807) is 19.1 Å². The normalized spacial score (nSPS) is 11.7.